The van der Waals surface area contributed by atoms with Crippen LogP contribution in [0.2, 0.25) is 0 Å². The third-order valence-electron chi connectivity index (χ3n) is 2.89. The molecule has 0 aliphatic rings. The van der Waals surface area contributed by atoms with E-state index in [0.717, 1.165) is 6.42 Å². The van der Waals surface area contributed by atoms with E-state index >= 15 is 0 Å². The van der Waals surface area contributed by atoms with Gasteiger partial charge in [-0.3, -0.25) is 4.79 Å². The maximum Gasteiger partial charge on any atom is 0.255 e. The van der Waals surface area contributed by atoms with Gasteiger partial charge in [-0.2, -0.15) is 0 Å². The zero-order valence-electron chi connectivity index (χ0n) is 10.7. The smallest absolute Gasteiger partial charge is 0.255 e. The first kappa shape index (κ1) is 13.0. The van der Waals surface area contributed by atoms with E-state index in [4.69, 9.17) is 5.73 Å². The van der Waals surface area contributed by atoms with E-state index in [-0.39, 0.29) is 11.7 Å². The number of rotatable bonds is 3. The van der Waals surface area contributed by atoms with Crippen molar-refractivity contribution >= 4 is 17.3 Å². The first-order valence-corrected chi connectivity index (χ1v) is 6.09. The lowest BCUT2D eigenvalue weighted by atomic mass is 10.1. The molecule has 2 aromatic rings. The highest BCUT2D eigenvalue weighted by atomic mass is 16.3. The Balaban J connectivity index is 2.15. The Kier molecular flexibility index (Phi) is 3.71. The van der Waals surface area contributed by atoms with Crippen LogP contribution >= 0.6 is 0 Å². The van der Waals surface area contributed by atoms with Crippen molar-refractivity contribution < 1.29 is 9.90 Å². The van der Waals surface area contributed by atoms with Gasteiger partial charge in [0, 0.05) is 17.3 Å². The van der Waals surface area contributed by atoms with Crippen molar-refractivity contribution in [1.82, 2.24) is 0 Å². The van der Waals surface area contributed by atoms with Gasteiger partial charge in [0.1, 0.15) is 5.75 Å². The predicted molar refractivity (Wildman–Crippen MR) is 76.3 cm³/mol. The largest absolute Gasteiger partial charge is 0.506 e. The number of phenols is 1. The van der Waals surface area contributed by atoms with Crippen LogP contribution in [0.25, 0.3) is 0 Å². The molecule has 4 heteroatoms. The number of carbonyl (C=O) groups is 1. The highest BCUT2D eigenvalue weighted by Crippen LogP contribution is 2.25. The number of aromatic hydroxyl groups is 1. The molecule has 19 heavy (non-hydrogen) atoms. The minimum Gasteiger partial charge on any atom is -0.506 e. The second-order valence-corrected chi connectivity index (χ2v) is 4.28. The number of hydrogen-bond acceptors (Lipinski definition) is 3. The van der Waals surface area contributed by atoms with Crippen LogP contribution in [0.4, 0.5) is 11.4 Å². The summed E-state index contributed by atoms with van der Waals surface area (Å²) in [6, 6.07) is 12.0. The summed E-state index contributed by atoms with van der Waals surface area (Å²) in [6.45, 7) is 2.06. The first-order chi connectivity index (χ1) is 9.10. The average Bonchev–Trinajstić information content (AvgIpc) is 2.42. The van der Waals surface area contributed by atoms with Crippen LogP contribution in [0.5, 0.6) is 5.75 Å². The molecule has 2 aromatic carbocycles. The molecule has 0 saturated carbocycles. The summed E-state index contributed by atoms with van der Waals surface area (Å²) >= 11 is 0. The molecule has 0 aliphatic carbocycles. The van der Waals surface area contributed by atoms with E-state index in [1.807, 2.05) is 12.1 Å². The molecule has 0 fully saturated rings. The minimum atomic E-state index is -0.261. The maximum absolute atomic E-state index is 12.0. The van der Waals surface area contributed by atoms with E-state index < -0.39 is 0 Å². The standard InChI is InChI=1S/C15H16N2O2/c1-2-10-3-5-11(6-4-10)15(19)17-13-8-7-12(16)9-14(13)18/h3-9,18H,2,16H2,1H3,(H,17,19). The van der Waals surface area contributed by atoms with E-state index in [0.29, 0.717) is 16.9 Å². The number of nitrogens with one attached hydrogen (secondary N) is 1. The summed E-state index contributed by atoms with van der Waals surface area (Å²) in [7, 11) is 0. The number of anilines is 2. The fraction of sp³-hybridized carbons (Fsp3) is 0.133. The number of carbonyl (C=O) groups excluding carboxylic acids is 1. The van der Waals surface area contributed by atoms with Crippen LogP contribution in [0.1, 0.15) is 22.8 Å². The normalized spacial score (nSPS) is 10.2. The van der Waals surface area contributed by atoms with Gasteiger partial charge >= 0.3 is 0 Å². The van der Waals surface area contributed by atoms with E-state index in [1.54, 1.807) is 24.3 Å². The van der Waals surface area contributed by atoms with Crippen molar-refractivity contribution in [3.63, 3.8) is 0 Å². The van der Waals surface area contributed by atoms with Gasteiger partial charge in [0.25, 0.3) is 5.91 Å². The van der Waals surface area contributed by atoms with Gasteiger partial charge in [0.2, 0.25) is 0 Å². The molecular weight excluding hydrogens is 240 g/mol. The Morgan fingerprint density at radius 3 is 2.47 bits per heavy atom. The molecular formula is C15H16N2O2. The number of phenolic OH excluding ortho intramolecular Hbond substituents is 1. The summed E-state index contributed by atoms with van der Waals surface area (Å²) in [6.07, 6.45) is 0.931. The quantitative estimate of drug-likeness (QED) is 0.584. The summed E-state index contributed by atoms with van der Waals surface area (Å²) in [5.74, 6) is -0.304. The highest BCUT2D eigenvalue weighted by Gasteiger charge is 2.08. The number of nitrogens with two attached hydrogens (primary N) is 1. The Labute approximate surface area is 111 Å². The number of nitrogen functional groups attached to an aromatic ring is 1. The molecule has 4 nitrogen and oxygen atoms in total. The molecule has 0 heterocycles. The minimum absolute atomic E-state index is 0.0430. The van der Waals surface area contributed by atoms with E-state index in [1.165, 1.54) is 11.6 Å². The molecule has 0 radical (unpaired) electrons. The van der Waals surface area contributed by atoms with Gasteiger partial charge in [0.15, 0.2) is 0 Å². The molecule has 0 unspecified atom stereocenters. The van der Waals surface area contributed by atoms with E-state index in [9.17, 15) is 9.90 Å². The van der Waals surface area contributed by atoms with Crippen molar-refractivity contribution in [2.75, 3.05) is 11.1 Å². The third-order valence-corrected chi connectivity index (χ3v) is 2.89. The molecule has 4 N–H and O–H groups in total. The second-order valence-electron chi connectivity index (χ2n) is 4.28. The molecule has 0 aromatic heterocycles. The van der Waals surface area contributed by atoms with Crippen LogP contribution in [-0.4, -0.2) is 11.0 Å². The SMILES string of the molecule is CCc1ccc(C(=O)Nc2ccc(N)cc2O)cc1. The van der Waals surface area contributed by atoms with Crippen LogP contribution in [-0.2, 0) is 6.42 Å². The molecule has 2 rings (SSSR count). The van der Waals surface area contributed by atoms with Crippen molar-refractivity contribution in [3.8, 4) is 5.75 Å². The third kappa shape index (κ3) is 3.04. The zero-order valence-corrected chi connectivity index (χ0v) is 10.7. The number of amides is 1. The van der Waals surface area contributed by atoms with Crippen LogP contribution < -0.4 is 11.1 Å². The lowest BCUT2D eigenvalue weighted by molar-refractivity contribution is 0.102. The van der Waals surface area contributed by atoms with Gasteiger partial charge in [-0.25, -0.2) is 0 Å². The lowest BCUT2D eigenvalue weighted by Crippen LogP contribution is -2.12. The number of aryl methyl sites for hydroxylation is 1. The summed E-state index contributed by atoms with van der Waals surface area (Å²) in [5, 5.41) is 12.3. The Morgan fingerprint density at radius 1 is 1.21 bits per heavy atom. The molecule has 0 atom stereocenters. The highest BCUT2D eigenvalue weighted by molar-refractivity contribution is 6.05. The maximum atomic E-state index is 12.0. The first-order valence-electron chi connectivity index (χ1n) is 6.09. The molecule has 0 aliphatic heterocycles. The fourth-order valence-corrected chi connectivity index (χ4v) is 1.74. The fourth-order valence-electron chi connectivity index (χ4n) is 1.74. The molecule has 0 spiro atoms. The van der Waals surface area contributed by atoms with Gasteiger partial charge in [0.05, 0.1) is 5.69 Å². The molecule has 0 saturated heterocycles. The van der Waals surface area contributed by atoms with Gasteiger partial charge < -0.3 is 16.2 Å². The summed E-state index contributed by atoms with van der Waals surface area (Å²) in [5.41, 5.74) is 8.04. The Bertz CT molecular complexity index is 592. The molecule has 98 valence electrons. The van der Waals surface area contributed by atoms with Gasteiger partial charge in [-0.15, -0.1) is 0 Å². The monoisotopic (exact) mass is 256 g/mol. The number of benzene rings is 2. The topological polar surface area (TPSA) is 75.4 Å². The van der Waals surface area contributed by atoms with Crippen molar-refractivity contribution in [2.24, 2.45) is 0 Å². The van der Waals surface area contributed by atoms with Crippen LogP contribution in [0, 0.1) is 0 Å². The van der Waals surface area contributed by atoms with Crippen molar-refractivity contribution in [3.05, 3.63) is 53.6 Å². The molecule has 0 bridgehead atoms. The zero-order chi connectivity index (χ0) is 13.8. The van der Waals surface area contributed by atoms with Crippen LogP contribution in [0.3, 0.4) is 0 Å². The summed E-state index contributed by atoms with van der Waals surface area (Å²) < 4.78 is 0. The average molecular weight is 256 g/mol. The second kappa shape index (κ2) is 5.44. The van der Waals surface area contributed by atoms with E-state index in [2.05, 4.69) is 12.2 Å². The van der Waals surface area contributed by atoms with Crippen molar-refractivity contribution in [1.29, 1.82) is 0 Å². The van der Waals surface area contributed by atoms with Crippen molar-refractivity contribution in [2.45, 2.75) is 13.3 Å². The predicted octanol–water partition coefficient (Wildman–Crippen LogP) is 2.79. The van der Waals surface area contributed by atoms with Gasteiger partial charge in [-0.1, -0.05) is 19.1 Å². The number of hydrogen-bond donors (Lipinski definition) is 3. The Hall–Kier alpha value is -2.49. The van der Waals surface area contributed by atoms with Crippen LogP contribution in [0.15, 0.2) is 42.5 Å². The van der Waals surface area contributed by atoms with Gasteiger partial charge in [-0.05, 0) is 36.2 Å². The lowest BCUT2D eigenvalue weighted by Gasteiger charge is -2.08. The summed E-state index contributed by atoms with van der Waals surface area (Å²) in [4.78, 5) is 12.0. The Morgan fingerprint density at radius 2 is 1.89 bits per heavy atom. The molecule has 1 amide bonds.